The Balaban J connectivity index is 1.76. The lowest BCUT2D eigenvalue weighted by molar-refractivity contribution is -0.140. The number of halogens is 4. The van der Waals surface area contributed by atoms with Crippen LogP contribution in [0.3, 0.4) is 0 Å². The van der Waals surface area contributed by atoms with Crippen LogP contribution in [-0.2, 0) is 12.7 Å². The topological polar surface area (TPSA) is 129 Å². The highest BCUT2D eigenvalue weighted by atomic mass is 19.4. The van der Waals surface area contributed by atoms with Gasteiger partial charge in [-0.05, 0) is 31.0 Å². The standard InChI is InChI=1S/C23H20F4N6O3/c1-10(2)16-7-13(36-32-16)9-33-11(3)19(20(31-33)23(25,26)27)30-22(35)15-8-18(21(28)34)29-17-6-12(24)4-5-14(15)17/h4-8,10H,9H2,1-3H3,(H2,28,34)(H,30,35). The number of nitrogens with zero attached hydrogens (tertiary/aromatic N) is 4. The minimum absolute atomic E-state index is 0.00213. The van der Waals surface area contributed by atoms with Gasteiger partial charge in [-0.15, -0.1) is 0 Å². The summed E-state index contributed by atoms with van der Waals surface area (Å²) in [5.41, 5.74) is 3.36. The first-order valence-corrected chi connectivity index (χ1v) is 10.7. The smallest absolute Gasteiger partial charge is 0.364 e. The number of aromatic nitrogens is 4. The van der Waals surface area contributed by atoms with E-state index in [-0.39, 0.29) is 46.1 Å². The third kappa shape index (κ3) is 4.76. The first-order chi connectivity index (χ1) is 16.8. The lowest BCUT2D eigenvalue weighted by Gasteiger charge is -2.11. The van der Waals surface area contributed by atoms with Gasteiger partial charge < -0.3 is 15.6 Å². The van der Waals surface area contributed by atoms with Gasteiger partial charge in [0.15, 0.2) is 11.5 Å². The summed E-state index contributed by atoms with van der Waals surface area (Å²) in [5, 5.41) is 9.89. The van der Waals surface area contributed by atoms with Gasteiger partial charge in [-0.25, -0.2) is 9.37 Å². The molecule has 3 aromatic heterocycles. The molecule has 0 bridgehead atoms. The molecule has 188 valence electrons. The third-order valence-electron chi connectivity index (χ3n) is 5.46. The average Bonchev–Trinajstić information content (AvgIpc) is 3.38. The first kappa shape index (κ1) is 24.8. The van der Waals surface area contributed by atoms with E-state index in [1.807, 2.05) is 13.8 Å². The molecule has 0 aliphatic carbocycles. The van der Waals surface area contributed by atoms with Crippen LogP contribution in [0.2, 0.25) is 0 Å². The van der Waals surface area contributed by atoms with Crippen molar-refractivity contribution in [3.8, 4) is 0 Å². The van der Waals surface area contributed by atoms with Crippen molar-refractivity contribution >= 4 is 28.4 Å². The molecule has 13 heteroatoms. The van der Waals surface area contributed by atoms with Crippen LogP contribution in [0.5, 0.6) is 0 Å². The second kappa shape index (κ2) is 9.06. The number of anilines is 1. The Morgan fingerprint density at radius 1 is 1.19 bits per heavy atom. The Hall–Kier alpha value is -4.29. The van der Waals surface area contributed by atoms with Crippen molar-refractivity contribution in [2.24, 2.45) is 5.73 Å². The van der Waals surface area contributed by atoms with Crippen LogP contribution >= 0.6 is 0 Å². The minimum atomic E-state index is -4.90. The zero-order valence-electron chi connectivity index (χ0n) is 19.3. The molecule has 3 heterocycles. The van der Waals surface area contributed by atoms with Gasteiger partial charge in [-0.1, -0.05) is 19.0 Å². The molecule has 0 aliphatic heterocycles. The van der Waals surface area contributed by atoms with E-state index < -0.39 is 35.2 Å². The van der Waals surface area contributed by atoms with E-state index in [1.54, 1.807) is 6.07 Å². The van der Waals surface area contributed by atoms with Gasteiger partial charge in [0, 0.05) is 17.5 Å². The summed E-state index contributed by atoms with van der Waals surface area (Å²) in [4.78, 5) is 28.7. The summed E-state index contributed by atoms with van der Waals surface area (Å²) in [6.45, 7) is 4.97. The fourth-order valence-corrected chi connectivity index (χ4v) is 3.57. The number of hydrogen-bond donors (Lipinski definition) is 2. The Morgan fingerprint density at radius 2 is 1.92 bits per heavy atom. The van der Waals surface area contributed by atoms with Crippen LogP contribution in [0.25, 0.3) is 10.9 Å². The summed E-state index contributed by atoms with van der Waals surface area (Å²) in [6, 6.07) is 5.91. The summed E-state index contributed by atoms with van der Waals surface area (Å²) in [5.74, 6) is -2.35. The lowest BCUT2D eigenvalue weighted by Crippen LogP contribution is -2.19. The van der Waals surface area contributed by atoms with Crippen molar-refractivity contribution in [3.05, 3.63) is 70.2 Å². The number of alkyl halides is 3. The maximum absolute atomic E-state index is 13.8. The molecule has 0 aliphatic rings. The minimum Gasteiger partial charge on any atom is -0.364 e. The van der Waals surface area contributed by atoms with Crippen molar-refractivity contribution in [1.82, 2.24) is 19.9 Å². The van der Waals surface area contributed by atoms with Gasteiger partial charge in [0.25, 0.3) is 11.8 Å². The van der Waals surface area contributed by atoms with Crippen LogP contribution in [0.15, 0.2) is 34.9 Å². The number of benzene rings is 1. The normalized spacial score (nSPS) is 11.9. The van der Waals surface area contributed by atoms with Crippen molar-refractivity contribution in [2.75, 3.05) is 5.32 Å². The molecule has 36 heavy (non-hydrogen) atoms. The van der Waals surface area contributed by atoms with Crippen LogP contribution < -0.4 is 11.1 Å². The van der Waals surface area contributed by atoms with Gasteiger partial charge in [0.05, 0.1) is 28.2 Å². The molecule has 2 amide bonds. The first-order valence-electron chi connectivity index (χ1n) is 10.7. The molecule has 0 fully saturated rings. The number of pyridine rings is 1. The molecule has 0 saturated carbocycles. The zero-order chi connectivity index (χ0) is 26.4. The maximum Gasteiger partial charge on any atom is 0.437 e. The molecule has 1 aromatic carbocycles. The molecule has 0 atom stereocenters. The van der Waals surface area contributed by atoms with E-state index in [0.717, 1.165) is 22.9 Å². The molecule has 4 rings (SSSR count). The van der Waals surface area contributed by atoms with Crippen LogP contribution in [0.4, 0.5) is 23.2 Å². The second-order valence-electron chi connectivity index (χ2n) is 8.37. The molecular formula is C23H20F4N6O3. The SMILES string of the molecule is Cc1c(NC(=O)c2cc(C(N)=O)nc3cc(F)ccc23)c(C(F)(F)F)nn1Cc1cc(C(C)C)no1. The quantitative estimate of drug-likeness (QED) is 0.374. The van der Waals surface area contributed by atoms with Crippen LogP contribution in [0, 0.1) is 12.7 Å². The van der Waals surface area contributed by atoms with Gasteiger partial charge in [-0.2, -0.15) is 18.3 Å². The third-order valence-corrected chi connectivity index (χ3v) is 5.46. The average molecular weight is 504 g/mol. The van der Waals surface area contributed by atoms with E-state index in [2.05, 4.69) is 20.6 Å². The number of fused-ring (bicyclic) bond motifs is 1. The molecule has 0 saturated heterocycles. The Labute approximate surface area is 201 Å². The van der Waals surface area contributed by atoms with Crippen LogP contribution in [0.1, 0.15) is 63.5 Å². The summed E-state index contributed by atoms with van der Waals surface area (Å²) >= 11 is 0. The lowest BCUT2D eigenvalue weighted by atomic mass is 10.1. The molecular weight excluding hydrogens is 484 g/mol. The van der Waals surface area contributed by atoms with Gasteiger partial charge in [0.1, 0.15) is 18.1 Å². The number of rotatable bonds is 6. The predicted molar refractivity (Wildman–Crippen MR) is 120 cm³/mol. The second-order valence-corrected chi connectivity index (χ2v) is 8.37. The number of amides is 2. The number of nitrogens with one attached hydrogen (secondary N) is 1. The monoisotopic (exact) mass is 504 g/mol. The number of primary amides is 1. The molecule has 0 unspecified atom stereocenters. The van der Waals surface area contributed by atoms with Crippen LogP contribution in [-0.4, -0.2) is 31.7 Å². The Kier molecular flexibility index (Phi) is 6.24. The van der Waals surface area contributed by atoms with E-state index in [1.165, 1.54) is 13.0 Å². The number of hydrogen-bond acceptors (Lipinski definition) is 6. The van der Waals surface area contributed by atoms with Crippen molar-refractivity contribution in [3.63, 3.8) is 0 Å². The molecule has 9 nitrogen and oxygen atoms in total. The fraction of sp³-hybridized carbons (Fsp3) is 0.261. The molecule has 3 N–H and O–H groups in total. The molecule has 4 aromatic rings. The van der Waals surface area contributed by atoms with E-state index in [9.17, 15) is 27.2 Å². The largest absolute Gasteiger partial charge is 0.437 e. The number of carbonyl (C=O) groups excluding carboxylic acids is 2. The van der Waals surface area contributed by atoms with Gasteiger partial charge >= 0.3 is 6.18 Å². The van der Waals surface area contributed by atoms with E-state index in [4.69, 9.17) is 10.3 Å². The van der Waals surface area contributed by atoms with Crippen molar-refractivity contribution in [2.45, 2.75) is 39.4 Å². The Morgan fingerprint density at radius 3 is 2.53 bits per heavy atom. The predicted octanol–water partition coefficient (Wildman–Crippen LogP) is 4.41. The van der Waals surface area contributed by atoms with Gasteiger partial charge in [0.2, 0.25) is 0 Å². The summed E-state index contributed by atoms with van der Waals surface area (Å²) in [6.07, 6.45) is -4.90. The highest BCUT2D eigenvalue weighted by Crippen LogP contribution is 2.36. The van der Waals surface area contributed by atoms with E-state index >= 15 is 0 Å². The molecule has 0 radical (unpaired) electrons. The fourth-order valence-electron chi connectivity index (χ4n) is 3.57. The van der Waals surface area contributed by atoms with E-state index in [0.29, 0.717) is 5.69 Å². The summed E-state index contributed by atoms with van der Waals surface area (Å²) < 4.78 is 61.5. The van der Waals surface area contributed by atoms with Crippen molar-refractivity contribution in [1.29, 1.82) is 0 Å². The van der Waals surface area contributed by atoms with Crippen molar-refractivity contribution < 1.29 is 31.7 Å². The summed E-state index contributed by atoms with van der Waals surface area (Å²) in [7, 11) is 0. The number of carbonyl (C=O) groups is 2. The Bertz CT molecular complexity index is 1490. The molecule has 0 spiro atoms. The number of nitrogens with two attached hydrogens (primary N) is 1. The highest BCUT2D eigenvalue weighted by Gasteiger charge is 2.39. The van der Waals surface area contributed by atoms with Gasteiger partial charge in [-0.3, -0.25) is 14.3 Å². The maximum atomic E-state index is 13.8. The highest BCUT2D eigenvalue weighted by molar-refractivity contribution is 6.14. The zero-order valence-corrected chi connectivity index (χ0v) is 19.3.